The number of nitrogens with zero attached hydrogens (tertiary/aromatic N) is 4. The normalized spacial score (nSPS) is 10.9. The van der Waals surface area contributed by atoms with E-state index >= 15 is 0 Å². The predicted molar refractivity (Wildman–Crippen MR) is 81.8 cm³/mol. The van der Waals surface area contributed by atoms with Gasteiger partial charge in [-0.25, -0.2) is 0 Å². The van der Waals surface area contributed by atoms with Gasteiger partial charge in [-0.15, -0.1) is 0 Å². The molecule has 2 aromatic rings. The van der Waals surface area contributed by atoms with Crippen molar-refractivity contribution in [1.82, 2.24) is 19.7 Å². The number of aryl methyl sites for hydroxylation is 2. The van der Waals surface area contributed by atoms with Gasteiger partial charge >= 0.3 is 0 Å². The van der Waals surface area contributed by atoms with Crippen molar-refractivity contribution in [2.75, 3.05) is 18.9 Å². The fourth-order valence-corrected chi connectivity index (χ4v) is 2.00. The van der Waals surface area contributed by atoms with Crippen LogP contribution in [-0.4, -0.2) is 39.2 Å². The maximum atomic E-state index is 11.9. The largest absolute Gasteiger partial charge is 0.308 e. The van der Waals surface area contributed by atoms with E-state index in [0.717, 1.165) is 12.1 Å². The van der Waals surface area contributed by atoms with Gasteiger partial charge in [0.2, 0.25) is 5.91 Å². The first-order chi connectivity index (χ1) is 10.1. The van der Waals surface area contributed by atoms with Gasteiger partial charge < -0.3 is 5.32 Å². The molecule has 0 unspecified atom stereocenters. The highest BCUT2D eigenvalue weighted by molar-refractivity contribution is 5.91. The number of hydrogen-bond donors (Lipinski definition) is 1. The Hall–Kier alpha value is -2.21. The lowest BCUT2D eigenvalue weighted by Crippen LogP contribution is -2.30. The minimum absolute atomic E-state index is 0.0821. The van der Waals surface area contributed by atoms with Gasteiger partial charge in [0.15, 0.2) is 5.82 Å². The van der Waals surface area contributed by atoms with Gasteiger partial charge in [-0.05, 0) is 25.1 Å². The third-order valence-corrected chi connectivity index (χ3v) is 3.12. The maximum Gasteiger partial charge on any atom is 0.239 e. The number of carbonyl (C=O) groups is 1. The van der Waals surface area contributed by atoms with Crippen molar-refractivity contribution in [2.24, 2.45) is 7.05 Å². The molecule has 6 nitrogen and oxygen atoms in total. The summed E-state index contributed by atoms with van der Waals surface area (Å²) in [4.78, 5) is 18.2. The van der Waals surface area contributed by atoms with Gasteiger partial charge in [0.25, 0.3) is 0 Å². The number of carbonyl (C=O) groups excluding carboxylic acids is 1. The lowest BCUT2D eigenvalue weighted by Gasteiger charge is -2.15. The van der Waals surface area contributed by atoms with Crippen LogP contribution in [0.4, 0.5) is 5.82 Å². The van der Waals surface area contributed by atoms with Gasteiger partial charge in [0.1, 0.15) is 0 Å². The highest BCUT2D eigenvalue weighted by Crippen LogP contribution is 2.04. The molecule has 0 aliphatic heterocycles. The minimum Gasteiger partial charge on any atom is -0.308 e. The standard InChI is InChI=1S/C15H21N5O/c1-4-12-5-6-13(16-9-12)10-19(2)11-15(21)17-14-7-8-20(3)18-14/h5-9H,4,10-11H2,1-3H3,(H,17,18,21). The van der Waals surface area contributed by atoms with Crippen LogP contribution in [0.15, 0.2) is 30.6 Å². The molecule has 0 bridgehead atoms. The number of pyridine rings is 1. The summed E-state index contributed by atoms with van der Waals surface area (Å²) >= 11 is 0. The summed E-state index contributed by atoms with van der Waals surface area (Å²) in [6, 6.07) is 5.85. The number of nitrogens with one attached hydrogen (secondary N) is 1. The summed E-state index contributed by atoms with van der Waals surface area (Å²) in [6.45, 7) is 3.04. The number of rotatable bonds is 6. The van der Waals surface area contributed by atoms with E-state index in [0.29, 0.717) is 18.9 Å². The summed E-state index contributed by atoms with van der Waals surface area (Å²) in [5.41, 5.74) is 2.18. The van der Waals surface area contributed by atoms with Crippen LogP contribution in [0.3, 0.4) is 0 Å². The Balaban J connectivity index is 1.82. The van der Waals surface area contributed by atoms with Crippen LogP contribution >= 0.6 is 0 Å². The molecule has 1 amide bonds. The fraction of sp³-hybridized carbons (Fsp3) is 0.400. The van der Waals surface area contributed by atoms with Crippen molar-refractivity contribution in [3.63, 3.8) is 0 Å². The zero-order valence-corrected chi connectivity index (χ0v) is 12.7. The molecule has 112 valence electrons. The van der Waals surface area contributed by atoms with Crippen LogP contribution in [0.5, 0.6) is 0 Å². The molecule has 2 heterocycles. The second kappa shape index (κ2) is 6.99. The molecule has 21 heavy (non-hydrogen) atoms. The summed E-state index contributed by atoms with van der Waals surface area (Å²) in [5, 5.41) is 6.88. The van der Waals surface area contributed by atoms with Crippen LogP contribution in [0.25, 0.3) is 0 Å². The second-order valence-electron chi connectivity index (χ2n) is 5.11. The van der Waals surface area contributed by atoms with Crippen molar-refractivity contribution in [2.45, 2.75) is 19.9 Å². The SMILES string of the molecule is CCc1ccc(CN(C)CC(=O)Nc2ccn(C)n2)nc1. The number of amides is 1. The summed E-state index contributed by atoms with van der Waals surface area (Å²) < 4.78 is 1.65. The highest BCUT2D eigenvalue weighted by Gasteiger charge is 2.09. The smallest absolute Gasteiger partial charge is 0.239 e. The van der Waals surface area contributed by atoms with Crippen LogP contribution in [-0.2, 0) is 24.8 Å². The number of hydrogen-bond acceptors (Lipinski definition) is 4. The predicted octanol–water partition coefficient (Wildman–Crippen LogP) is 1.45. The van der Waals surface area contributed by atoms with Crippen molar-refractivity contribution in [3.8, 4) is 0 Å². The summed E-state index contributed by atoms with van der Waals surface area (Å²) in [5.74, 6) is 0.489. The summed E-state index contributed by atoms with van der Waals surface area (Å²) in [7, 11) is 3.71. The maximum absolute atomic E-state index is 11.9. The Morgan fingerprint density at radius 3 is 2.76 bits per heavy atom. The van der Waals surface area contributed by atoms with E-state index in [9.17, 15) is 4.79 Å². The van der Waals surface area contributed by atoms with Crippen molar-refractivity contribution < 1.29 is 4.79 Å². The summed E-state index contributed by atoms with van der Waals surface area (Å²) in [6.07, 6.45) is 4.66. The van der Waals surface area contributed by atoms with E-state index in [2.05, 4.69) is 28.4 Å². The molecule has 0 aliphatic carbocycles. The Bertz CT molecular complexity index is 590. The molecule has 0 aliphatic rings. The molecule has 2 rings (SSSR count). The Kier molecular flexibility index (Phi) is 5.05. The van der Waals surface area contributed by atoms with Gasteiger partial charge in [-0.1, -0.05) is 13.0 Å². The molecule has 6 heteroatoms. The molecule has 0 radical (unpaired) electrons. The molecule has 0 atom stereocenters. The fourth-order valence-electron chi connectivity index (χ4n) is 2.00. The number of aromatic nitrogens is 3. The average molecular weight is 287 g/mol. The first-order valence-electron chi connectivity index (χ1n) is 6.98. The van der Waals surface area contributed by atoms with Crippen molar-refractivity contribution in [3.05, 3.63) is 41.9 Å². The lowest BCUT2D eigenvalue weighted by molar-refractivity contribution is -0.117. The van der Waals surface area contributed by atoms with E-state index in [1.54, 1.807) is 16.9 Å². The van der Waals surface area contributed by atoms with E-state index in [-0.39, 0.29) is 5.91 Å². The average Bonchev–Trinajstić information content (AvgIpc) is 2.84. The van der Waals surface area contributed by atoms with Crippen LogP contribution in [0.2, 0.25) is 0 Å². The third-order valence-electron chi connectivity index (χ3n) is 3.12. The van der Waals surface area contributed by atoms with Crippen LogP contribution in [0, 0.1) is 0 Å². The molecular weight excluding hydrogens is 266 g/mol. The van der Waals surface area contributed by atoms with Gasteiger partial charge in [0, 0.05) is 32.1 Å². The second-order valence-corrected chi connectivity index (χ2v) is 5.11. The number of likely N-dealkylation sites (N-methyl/N-ethyl adjacent to an activating group) is 1. The van der Waals surface area contributed by atoms with Crippen LogP contribution < -0.4 is 5.32 Å². The van der Waals surface area contributed by atoms with Crippen molar-refractivity contribution in [1.29, 1.82) is 0 Å². The van der Waals surface area contributed by atoms with E-state index in [1.807, 2.05) is 31.3 Å². The zero-order chi connectivity index (χ0) is 15.2. The van der Waals surface area contributed by atoms with Gasteiger partial charge in [-0.3, -0.25) is 19.4 Å². The lowest BCUT2D eigenvalue weighted by atomic mass is 10.2. The zero-order valence-electron chi connectivity index (χ0n) is 12.7. The van der Waals surface area contributed by atoms with E-state index < -0.39 is 0 Å². The topological polar surface area (TPSA) is 63.1 Å². The third kappa shape index (κ3) is 4.68. The Morgan fingerprint density at radius 1 is 1.38 bits per heavy atom. The molecule has 0 fully saturated rings. The molecule has 0 saturated heterocycles. The van der Waals surface area contributed by atoms with E-state index in [1.165, 1.54) is 5.56 Å². The van der Waals surface area contributed by atoms with E-state index in [4.69, 9.17) is 0 Å². The highest BCUT2D eigenvalue weighted by atomic mass is 16.2. The quantitative estimate of drug-likeness (QED) is 0.873. The number of anilines is 1. The monoisotopic (exact) mass is 287 g/mol. The molecule has 0 spiro atoms. The molecule has 0 aromatic carbocycles. The Labute approximate surface area is 124 Å². The first-order valence-corrected chi connectivity index (χ1v) is 6.98. The van der Waals surface area contributed by atoms with Gasteiger partial charge in [0.05, 0.1) is 12.2 Å². The Morgan fingerprint density at radius 2 is 2.19 bits per heavy atom. The molecule has 0 saturated carbocycles. The molecular formula is C15H21N5O. The van der Waals surface area contributed by atoms with Gasteiger partial charge in [-0.2, -0.15) is 5.10 Å². The molecule has 1 N–H and O–H groups in total. The minimum atomic E-state index is -0.0821. The first kappa shape index (κ1) is 15.2. The van der Waals surface area contributed by atoms with Crippen molar-refractivity contribution >= 4 is 11.7 Å². The van der Waals surface area contributed by atoms with Crippen LogP contribution in [0.1, 0.15) is 18.2 Å². The molecule has 2 aromatic heterocycles.